The van der Waals surface area contributed by atoms with Crippen LogP contribution >= 0.6 is 0 Å². The minimum absolute atomic E-state index is 0.439. The fourth-order valence-corrected chi connectivity index (χ4v) is 3.32. The highest BCUT2D eigenvalue weighted by molar-refractivity contribution is 5.82. The zero-order valence-electron chi connectivity index (χ0n) is 14.1. The van der Waals surface area contributed by atoms with Gasteiger partial charge < -0.3 is 4.74 Å². The molecule has 0 saturated carbocycles. The van der Waals surface area contributed by atoms with E-state index in [9.17, 15) is 0 Å². The van der Waals surface area contributed by atoms with Crippen LogP contribution in [0, 0.1) is 0 Å². The van der Waals surface area contributed by atoms with E-state index in [0.717, 1.165) is 45.2 Å². The Morgan fingerprint density at radius 3 is 1.85 bits per heavy atom. The first-order valence-corrected chi connectivity index (χ1v) is 8.64. The number of benzene rings is 3. The average molecular weight is 336 g/mol. The Labute approximate surface area is 152 Å². The summed E-state index contributed by atoms with van der Waals surface area (Å²) in [5, 5.41) is 0. The van der Waals surface area contributed by atoms with Crippen molar-refractivity contribution < 1.29 is 4.74 Å². The van der Waals surface area contributed by atoms with Crippen LogP contribution in [0.25, 0.3) is 33.8 Å². The van der Waals surface area contributed by atoms with E-state index < -0.39 is 0 Å². The van der Waals surface area contributed by atoms with Crippen molar-refractivity contribution in [3.8, 4) is 39.5 Å². The Kier molecular flexibility index (Phi) is 3.49. The van der Waals surface area contributed by atoms with Gasteiger partial charge in [-0.3, -0.25) is 0 Å². The molecule has 0 unspecified atom stereocenters. The predicted molar refractivity (Wildman–Crippen MR) is 103 cm³/mol. The highest BCUT2D eigenvalue weighted by Crippen LogP contribution is 2.39. The molecule has 26 heavy (non-hydrogen) atoms. The van der Waals surface area contributed by atoms with Crippen LogP contribution in [0.4, 0.5) is 0 Å². The van der Waals surface area contributed by atoms with Gasteiger partial charge in [-0.1, -0.05) is 72.8 Å². The van der Waals surface area contributed by atoms with Gasteiger partial charge in [0.25, 0.3) is 0 Å². The van der Waals surface area contributed by atoms with Crippen molar-refractivity contribution in [2.75, 3.05) is 0 Å². The quantitative estimate of drug-likeness (QED) is 0.493. The van der Waals surface area contributed by atoms with Crippen molar-refractivity contribution >= 4 is 0 Å². The number of aromatic nitrogens is 2. The fraction of sp³-hybridized carbons (Fsp3) is 0.0435. The van der Waals surface area contributed by atoms with Gasteiger partial charge in [0, 0.05) is 16.7 Å². The van der Waals surface area contributed by atoms with E-state index in [4.69, 9.17) is 14.7 Å². The summed E-state index contributed by atoms with van der Waals surface area (Å²) in [5.41, 5.74) is 6.68. The third-order valence-electron chi connectivity index (χ3n) is 4.57. The van der Waals surface area contributed by atoms with Crippen LogP contribution < -0.4 is 4.74 Å². The first-order chi connectivity index (χ1) is 12.9. The molecule has 1 aromatic heterocycles. The van der Waals surface area contributed by atoms with Crippen LogP contribution in [0.3, 0.4) is 0 Å². The lowest BCUT2D eigenvalue weighted by Crippen LogP contribution is -2.11. The average Bonchev–Trinajstić information content (AvgIpc) is 2.74. The van der Waals surface area contributed by atoms with E-state index in [1.54, 1.807) is 0 Å². The highest BCUT2D eigenvalue weighted by atomic mass is 16.5. The topological polar surface area (TPSA) is 35.0 Å². The molecular formula is C23H16N2O. The third kappa shape index (κ3) is 2.45. The summed E-state index contributed by atoms with van der Waals surface area (Å²) in [6, 6.07) is 28.4. The molecule has 0 atom stereocenters. The van der Waals surface area contributed by atoms with E-state index >= 15 is 0 Å². The van der Waals surface area contributed by atoms with E-state index in [1.807, 2.05) is 60.7 Å². The summed E-state index contributed by atoms with van der Waals surface area (Å²) >= 11 is 0. The molecule has 0 aliphatic carbocycles. The minimum atomic E-state index is 0.439. The van der Waals surface area contributed by atoms with Crippen molar-refractivity contribution in [3.63, 3.8) is 0 Å². The predicted octanol–water partition coefficient (Wildman–Crippen LogP) is 5.37. The Bertz CT molecular complexity index is 1080. The molecule has 1 aliphatic rings. The van der Waals surface area contributed by atoms with Gasteiger partial charge in [0.15, 0.2) is 0 Å². The standard InChI is InChI=1S/C23H16N2O/c1-3-9-16(10-4-1)21-22(17-11-5-2-6-12-17)25-23-18-13-7-8-14-20(18)26-15-19(23)24-21/h1-14H,15H2. The van der Waals surface area contributed by atoms with Gasteiger partial charge in [-0.05, 0) is 12.1 Å². The number of rotatable bonds is 2. The maximum absolute atomic E-state index is 5.88. The number of ether oxygens (including phenoxy) is 1. The van der Waals surface area contributed by atoms with Crippen LogP contribution in [0.15, 0.2) is 84.9 Å². The van der Waals surface area contributed by atoms with Gasteiger partial charge in [0.2, 0.25) is 0 Å². The smallest absolute Gasteiger partial charge is 0.132 e. The largest absolute Gasteiger partial charge is 0.487 e. The zero-order valence-corrected chi connectivity index (χ0v) is 14.1. The second-order valence-corrected chi connectivity index (χ2v) is 6.23. The lowest BCUT2D eigenvalue weighted by atomic mass is 10.0. The Morgan fingerprint density at radius 1 is 0.577 bits per heavy atom. The summed E-state index contributed by atoms with van der Waals surface area (Å²) in [6.07, 6.45) is 0. The number of fused-ring (bicyclic) bond motifs is 3. The van der Waals surface area contributed by atoms with Crippen LogP contribution in [0.5, 0.6) is 5.75 Å². The molecule has 0 saturated heterocycles. The number of hydrogen-bond acceptors (Lipinski definition) is 3. The Morgan fingerprint density at radius 2 is 1.15 bits per heavy atom. The first kappa shape index (κ1) is 14.8. The van der Waals surface area contributed by atoms with Crippen molar-refractivity contribution in [1.29, 1.82) is 0 Å². The molecule has 4 aromatic rings. The molecule has 0 spiro atoms. The monoisotopic (exact) mass is 336 g/mol. The molecule has 3 heteroatoms. The summed E-state index contributed by atoms with van der Waals surface area (Å²) < 4.78 is 5.88. The number of hydrogen-bond donors (Lipinski definition) is 0. The van der Waals surface area contributed by atoms with Gasteiger partial charge in [-0.15, -0.1) is 0 Å². The van der Waals surface area contributed by atoms with Gasteiger partial charge >= 0.3 is 0 Å². The van der Waals surface area contributed by atoms with Gasteiger partial charge in [-0.25, -0.2) is 9.97 Å². The summed E-state index contributed by atoms with van der Waals surface area (Å²) in [4.78, 5) is 10.0. The normalized spacial score (nSPS) is 12.0. The molecule has 0 fully saturated rings. The van der Waals surface area contributed by atoms with Crippen molar-refractivity contribution in [3.05, 3.63) is 90.6 Å². The fourth-order valence-electron chi connectivity index (χ4n) is 3.32. The molecule has 0 bridgehead atoms. The van der Waals surface area contributed by atoms with Crippen LogP contribution in [0.1, 0.15) is 5.69 Å². The van der Waals surface area contributed by atoms with Crippen molar-refractivity contribution in [1.82, 2.24) is 9.97 Å². The first-order valence-electron chi connectivity index (χ1n) is 8.64. The molecule has 3 nitrogen and oxygen atoms in total. The van der Waals surface area contributed by atoms with Crippen LogP contribution in [0.2, 0.25) is 0 Å². The Balaban J connectivity index is 1.79. The van der Waals surface area contributed by atoms with E-state index in [1.165, 1.54) is 0 Å². The molecule has 0 amide bonds. The molecule has 1 aliphatic heterocycles. The highest BCUT2D eigenvalue weighted by Gasteiger charge is 2.23. The second kappa shape index (κ2) is 6.12. The molecule has 124 valence electrons. The van der Waals surface area contributed by atoms with Crippen LogP contribution in [-0.4, -0.2) is 9.97 Å². The lowest BCUT2D eigenvalue weighted by molar-refractivity contribution is 0.296. The van der Waals surface area contributed by atoms with E-state index in [-0.39, 0.29) is 0 Å². The summed E-state index contributed by atoms with van der Waals surface area (Å²) in [6.45, 7) is 0.439. The van der Waals surface area contributed by atoms with E-state index in [0.29, 0.717) is 6.61 Å². The minimum Gasteiger partial charge on any atom is -0.487 e. The molecule has 0 N–H and O–H groups in total. The number of nitrogens with zero attached hydrogens (tertiary/aromatic N) is 2. The van der Waals surface area contributed by atoms with E-state index in [2.05, 4.69) is 24.3 Å². The third-order valence-corrected chi connectivity index (χ3v) is 4.57. The SMILES string of the molecule is c1ccc(-c2nc3c(nc2-c2ccccc2)-c2ccccc2OC3)cc1. The number of para-hydroxylation sites is 1. The molecule has 0 radical (unpaired) electrons. The summed E-state index contributed by atoms with van der Waals surface area (Å²) in [7, 11) is 0. The molecule has 3 aromatic carbocycles. The van der Waals surface area contributed by atoms with Gasteiger partial charge in [0.1, 0.15) is 18.1 Å². The van der Waals surface area contributed by atoms with Crippen LogP contribution in [-0.2, 0) is 6.61 Å². The molecule has 2 heterocycles. The zero-order chi connectivity index (χ0) is 17.3. The van der Waals surface area contributed by atoms with Crippen molar-refractivity contribution in [2.24, 2.45) is 0 Å². The second-order valence-electron chi connectivity index (χ2n) is 6.23. The lowest BCUT2D eigenvalue weighted by Gasteiger charge is -2.21. The Hall–Kier alpha value is -3.46. The molecule has 5 rings (SSSR count). The maximum atomic E-state index is 5.88. The van der Waals surface area contributed by atoms with Gasteiger partial charge in [-0.2, -0.15) is 0 Å². The molecular weight excluding hydrogens is 320 g/mol. The maximum Gasteiger partial charge on any atom is 0.132 e. The van der Waals surface area contributed by atoms with Gasteiger partial charge in [0.05, 0.1) is 17.1 Å². The summed E-state index contributed by atoms with van der Waals surface area (Å²) in [5.74, 6) is 0.862. The van der Waals surface area contributed by atoms with Crippen molar-refractivity contribution in [2.45, 2.75) is 6.61 Å².